The number of fused-ring (bicyclic) bond motifs is 1. The number of amidine groups is 1. The standard InChI is InChI=1S/C16H16N2O2S/c19-16(14-7-3-10-21-14)20-9-4-8-17-15-13-6-2-1-5-12(13)11-18-15/h1-3,5-7,10H,4,8-9,11H2,(H,17,18). The van der Waals surface area contributed by atoms with Gasteiger partial charge in [0, 0.05) is 12.1 Å². The summed E-state index contributed by atoms with van der Waals surface area (Å²) in [6, 6.07) is 11.8. The molecular weight excluding hydrogens is 284 g/mol. The number of carbonyl (C=O) groups excluding carboxylic acids is 1. The Balaban J connectivity index is 1.39. The van der Waals surface area contributed by atoms with Crippen LogP contribution in [0.2, 0.25) is 0 Å². The lowest BCUT2D eigenvalue weighted by molar-refractivity contribution is 0.0507. The lowest BCUT2D eigenvalue weighted by Gasteiger charge is -2.07. The van der Waals surface area contributed by atoms with E-state index in [1.54, 1.807) is 6.07 Å². The predicted molar refractivity (Wildman–Crippen MR) is 83.9 cm³/mol. The third-order valence-electron chi connectivity index (χ3n) is 3.25. The fourth-order valence-corrected chi connectivity index (χ4v) is 2.82. The number of nitrogens with zero attached hydrogens (tertiary/aromatic N) is 1. The molecule has 2 aromatic rings. The third-order valence-corrected chi connectivity index (χ3v) is 4.10. The summed E-state index contributed by atoms with van der Waals surface area (Å²) in [5.74, 6) is 0.698. The molecule has 21 heavy (non-hydrogen) atoms. The van der Waals surface area contributed by atoms with Crippen LogP contribution in [0.25, 0.3) is 0 Å². The Morgan fingerprint density at radius 3 is 3.05 bits per heavy atom. The number of aliphatic imine (C=N–C) groups is 1. The number of rotatable bonds is 5. The van der Waals surface area contributed by atoms with Crippen molar-refractivity contribution in [1.82, 2.24) is 5.32 Å². The fraction of sp³-hybridized carbons (Fsp3) is 0.250. The Morgan fingerprint density at radius 2 is 2.19 bits per heavy atom. The van der Waals surface area contributed by atoms with Gasteiger partial charge in [-0.15, -0.1) is 11.3 Å². The lowest BCUT2D eigenvalue weighted by Crippen LogP contribution is -2.25. The number of esters is 1. The largest absolute Gasteiger partial charge is 0.461 e. The van der Waals surface area contributed by atoms with Gasteiger partial charge in [0.2, 0.25) is 0 Å². The van der Waals surface area contributed by atoms with E-state index in [4.69, 9.17) is 4.74 Å². The third kappa shape index (κ3) is 3.31. The molecule has 0 aliphatic carbocycles. The van der Waals surface area contributed by atoms with Crippen molar-refractivity contribution >= 4 is 23.1 Å². The molecule has 0 unspecified atom stereocenters. The van der Waals surface area contributed by atoms with Crippen molar-refractivity contribution < 1.29 is 9.53 Å². The van der Waals surface area contributed by atoms with Crippen LogP contribution in [-0.2, 0) is 11.3 Å². The first-order valence-corrected chi connectivity index (χ1v) is 7.80. The highest BCUT2D eigenvalue weighted by Crippen LogP contribution is 2.16. The molecule has 5 heteroatoms. The van der Waals surface area contributed by atoms with E-state index in [2.05, 4.69) is 22.4 Å². The van der Waals surface area contributed by atoms with Gasteiger partial charge in [0.05, 0.1) is 13.2 Å². The SMILES string of the molecule is O=C(OCCCNC1=NCc2ccccc21)c1cccs1. The zero-order valence-electron chi connectivity index (χ0n) is 11.5. The monoisotopic (exact) mass is 300 g/mol. The van der Waals surface area contributed by atoms with Gasteiger partial charge in [-0.3, -0.25) is 4.99 Å². The van der Waals surface area contributed by atoms with Crippen molar-refractivity contribution in [3.8, 4) is 0 Å². The molecule has 1 aromatic carbocycles. The normalized spacial score (nSPS) is 12.7. The molecular formula is C16H16N2O2S. The number of hydrogen-bond acceptors (Lipinski definition) is 5. The summed E-state index contributed by atoms with van der Waals surface area (Å²) in [6.07, 6.45) is 0.762. The molecule has 1 aliphatic heterocycles. The van der Waals surface area contributed by atoms with E-state index in [0.717, 1.165) is 25.3 Å². The van der Waals surface area contributed by atoms with Crippen LogP contribution in [0.5, 0.6) is 0 Å². The van der Waals surface area contributed by atoms with E-state index >= 15 is 0 Å². The Hall–Kier alpha value is -2.14. The summed E-state index contributed by atoms with van der Waals surface area (Å²) >= 11 is 1.40. The van der Waals surface area contributed by atoms with Crippen LogP contribution < -0.4 is 5.32 Å². The van der Waals surface area contributed by atoms with Crippen molar-refractivity contribution in [3.05, 3.63) is 57.8 Å². The second-order valence-corrected chi connectivity index (χ2v) is 5.66. The summed E-state index contributed by atoms with van der Waals surface area (Å²) < 4.78 is 5.21. The van der Waals surface area contributed by atoms with E-state index in [9.17, 15) is 4.79 Å². The summed E-state index contributed by atoms with van der Waals surface area (Å²) in [4.78, 5) is 16.8. The van der Waals surface area contributed by atoms with Gasteiger partial charge in [0.15, 0.2) is 0 Å². The molecule has 2 heterocycles. The van der Waals surface area contributed by atoms with Crippen molar-refractivity contribution in [2.75, 3.05) is 13.2 Å². The number of hydrogen-bond donors (Lipinski definition) is 1. The van der Waals surface area contributed by atoms with Crippen LogP contribution in [0.1, 0.15) is 27.2 Å². The molecule has 3 rings (SSSR count). The van der Waals surface area contributed by atoms with Crippen LogP contribution in [0.4, 0.5) is 0 Å². The number of benzene rings is 1. The van der Waals surface area contributed by atoms with E-state index in [1.165, 1.54) is 22.5 Å². The lowest BCUT2D eigenvalue weighted by atomic mass is 10.1. The molecule has 1 N–H and O–H groups in total. The van der Waals surface area contributed by atoms with Crippen LogP contribution in [0.3, 0.4) is 0 Å². The van der Waals surface area contributed by atoms with Gasteiger partial charge in [-0.05, 0) is 23.4 Å². The van der Waals surface area contributed by atoms with Gasteiger partial charge in [-0.25, -0.2) is 4.79 Å². The van der Waals surface area contributed by atoms with E-state index in [1.807, 2.05) is 23.6 Å². The minimum absolute atomic E-state index is 0.242. The molecule has 0 atom stereocenters. The highest BCUT2D eigenvalue weighted by molar-refractivity contribution is 7.11. The zero-order chi connectivity index (χ0) is 14.5. The topological polar surface area (TPSA) is 50.7 Å². The predicted octanol–water partition coefficient (Wildman–Crippen LogP) is 2.85. The maximum absolute atomic E-state index is 11.6. The molecule has 0 saturated carbocycles. The van der Waals surface area contributed by atoms with Gasteiger partial charge in [0.1, 0.15) is 10.7 Å². The Kier molecular flexibility index (Phi) is 4.31. The summed E-state index contributed by atoms with van der Waals surface area (Å²) in [7, 11) is 0. The van der Waals surface area contributed by atoms with Gasteiger partial charge in [0.25, 0.3) is 0 Å². The number of thiophene rings is 1. The van der Waals surface area contributed by atoms with Crippen molar-refractivity contribution in [3.63, 3.8) is 0 Å². The van der Waals surface area contributed by atoms with E-state index in [-0.39, 0.29) is 5.97 Å². The molecule has 1 aromatic heterocycles. The summed E-state index contributed by atoms with van der Waals surface area (Å²) in [5, 5.41) is 5.18. The smallest absolute Gasteiger partial charge is 0.348 e. The first-order valence-electron chi connectivity index (χ1n) is 6.92. The minimum atomic E-state index is -0.242. The average molecular weight is 300 g/mol. The molecule has 0 bridgehead atoms. The molecule has 0 amide bonds. The first kappa shape index (κ1) is 13.8. The molecule has 108 valence electrons. The van der Waals surface area contributed by atoms with Crippen LogP contribution >= 0.6 is 11.3 Å². The van der Waals surface area contributed by atoms with Crippen molar-refractivity contribution in [2.24, 2.45) is 4.99 Å². The number of carbonyl (C=O) groups is 1. The Bertz CT molecular complexity index is 650. The Morgan fingerprint density at radius 1 is 1.29 bits per heavy atom. The van der Waals surface area contributed by atoms with E-state index < -0.39 is 0 Å². The molecule has 0 fully saturated rings. The number of nitrogens with one attached hydrogen (secondary N) is 1. The molecule has 0 spiro atoms. The summed E-state index contributed by atoms with van der Waals surface area (Å²) in [5.41, 5.74) is 2.43. The fourth-order valence-electron chi connectivity index (χ4n) is 2.20. The van der Waals surface area contributed by atoms with Gasteiger partial charge in [-0.2, -0.15) is 0 Å². The first-order chi connectivity index (χ1) is 10.3. The minimum Gasteiger partial charge on any atom is -0.461 e. The number of ether oxygens (including phenoxy) is 1. The molecule has 4 nitrogen and oxygen atoms in total. The summed E-state index contributed by atoms with van der Waals surface area (Å²) in [6.45, 7) is 1.90. The van der Waals surface area contributed by atoms with Gasteiger partial charge in [-0.1, -0.05) is 30.3 Å². The van der Waals surface area contributed by atoms with Crippen LogP contribution in [-0.4, -0.2) is 25.0 Å². The van der Waals surface area contributed by atoms with Crippen molar-refractivity contribution in [1.29, 1.82) is 0 Å². The maximum Gasteiger partial charge on any atom is 0.348 e. The van der Waals surface area contributed by atoms with Crippen molar-refractivity contribution in [2.45, 2.75) is 13.0 Å². The van der Waals surface area contributed by atoms with E-state index in [0.29, 0.717) is 11.5 Å². The quantitative estimate of drug-likeness (QED) is 0.682. The average Bonchev–Trinajstić information content (AvgIpc) is 3.16. The maximum atomic E-state index is 11.6. The van der Waals surface area contributed by atoms with Gasteiger partial charge < -0.3 is 10.1 Å². The molecule has 0 saturated heterocycles. The van der Waals surface area contributed by atoms with Crippen LogP contribution in [0, 0.1) is 0 Å². The highest BCUT2D eigenvalue weighted by atomic mass is 32.1. The molecule has 0 radical (unpaired) electrons. The molecule has 1 aliphatic rings. The highest BCUT2D eigenvalue weighted by Gasteiger charge is 2.14. The second-order valence-electron chi connectivity index (χ2n) is 4.72. The van der Waals surface area contributed by atoms with Crippen LogP contribution in [0.15, 0.2) is 46.8 Å². The Labute approximate surface area is 127 Å². The second kappa shape index (κ2) is 6.54. The zero-order valence-corrected chi connectivity index (χ0v) is 12.4. The van der Waals surface area contributed by atoms with Gasteiger partial charge >= 0.3 is 5.97 Å².